The summed E-state index contributed by atoms with van der Waals surface area (Å²) in [7, 11) is 0. The van der Waals surface area contributed by atoms with Crippen LogP contribution in [0.15, 0.2) is 30.3 Å². The van der Waals surface area contributed by atoms with Crippen LogP contribution in [0.1, 0.15) is 12.6 Å². The number of nitro groups is 1. The van der Waals surface area contributed by atoms with Crippen LogP contribution in [0.4, 0.5) is 11.5 Å². The molecule has 0 saturated carbocycles. The molecule has 1 aliphatic rings. The first-order valence-electron chi connectivity index (χ1n) is 7.93. The molecule has 0 radical (unpaired) electrons. The fourth-order valence-corrected chi connectivity index (χ4v) is 2.36. The van der Waals surface area contributed by atoms with Crippen molar-refractivity contribution in [1.29, 1.82) is 0 Å². The van der Waals surface area contributed by atoms with Gasteiger partial charge in [-0.25, -0.2) is 0 Å². The number of aromatic nitrogens is 1. The van der Waals surface area contributed by atoms with Crippen LogP contribution in [0.5, 0.6) is 17.2 Å². The first-order valence-corrected chi connectivity index (χ1v) is 7.93. The van der Waals surface area contributed by atoms with Crippen molar-refractivity contribution in [3.05, 3.63) is 46.1 Å². The SMILES string of the molecule is Cc1ccc(OC(C)C(=O)Nc2ccc3c(c2)OCCO3)c([N+](=O)[O-])n1. The minimum atomic E-state index is -0.966. The fourth-order valence-electron chi connectivity index (χ4n) is 2.36. The molecule has 136 valence electrons. The number of rotatable bonds is 5. The summed E-state index contributed by atoms with van der Waals surface area (Å²) in [4.78, 5) is 26.6. The average Bonchev–Trinajstić information content (AvgIpc) is 2.62. The van der Waals surface area contributed by atoms with E-state index in [2.05, 4.69) is 10.3 Å². The van der Waals surface area contributed by atoms with E-state index in [1.54, 1.807) is 31.2 Å². The number of ether oxygens (including phenoxy) is 3. The summed E-state index contributed by atoms with van der Waals surface area (Å²) in [5, 5.41) is 13.8. The van der Waals surface area contributed by atoms with Crippen molar-refractivity contribution in [2.45, 2.75) is 20.0 Å². The van der Waals surface area contributed by atoms with Crippen molar-refractivity contribution in [3.8, 4) is 17.2 Å². The summed E-state index contributed by atoms with van der Waals surface area (Å²) in [6.45, 7) is 4.05. The van der Waals surface area contributed by atoms with Crippen LogP contribution in [0.3, 0.4) is 0 Å². The van der Waals surface area contributed by atoms with Crippen molar-refractivity contribution in [2.24, 2.45) is 0 Å². The van der Waals surface area contributed by atoms with Gasteiger partial charge in [-0.3, -0.25) is 4.79 Å². The van der Waals surface area contributed by atoms with Crippen molar-refractivity contribution in [3.63, 3.8) is 0 Å². The van der Waals surface area contributed by atoms with Gasteiger partial charge in [0.25, 0.3) is 5.91 Å². The van der Waals surface area contributed by atoms with Gasteiger partial charge in [-0.05, 0) is 41.1 Å². The highest BCUT2D eigenvalue weighted by molar-refractivity contribution is 5.94. The Morgan fingerprint density at radius 1 is 1.27 bits per heavy atom. The van der Waals surface area contributed by atoms with E-state index in [0.717, 1.165) is 0 Å². The zero-order valence-electron chi connectivity index (χ0n) is 14.2. The molecule has 26 heavy (non-hydrogen) atoms. The Morgan fingerprint density at radius 3 is 2.73 bits per heavy atom. The predicted molar refractivity (Wildman–Crippen MR) is 91.8 cm³/mol. The molecule has 1 N–H and O–H groups in total. The third-order valence-corrected chi connectivity index (χ3v) is 3.63. The maximum absolute atomic E-state index is 12.3. The molecule has 1 aromatic heterocycles. The zero-order valence-corrected chi connectivity index (χ0v) is 14.2. The highest BCUT2D eigenvalue weighted by Gasteiger charge is 2.23. The standard InChI is InChI=1S/C17H17N3O6/c1-10-3-5-14(16(18-10)20(22)23)26-11(2)17(21)19-12-4-6-13-15(9-12)25-8-7-24-13/h3-6,9,11H,7-8H2,1-2H3,(H,19,21). The van der Waals surface area contributed by atoms with E-state index in [9.17, 15) is 14.9 Å². The first kappa shape index (κ1) is 17.5. The molecule has 0 saturated heterocycles. The van der Waals surface area contributed by atoms with E-state index in [1.165, 1.54) is 13.0 Å². The lowest BCUT2D eigenvalue weighted by molar-refractivity contribution is -0.390. The van der Waals surface area contributed by atoms with Gasteiger partial charge in [0.05, 0.1) is 0 Å². The van der Waals surface area contributed by atoms with E-state index >= 15 is 0 Å². The van der Waals surface area contributed by atoms with Crippen molar-refractivity contribution >= 4 is 17.4 Å². The molecule has 9 heteroatoms. The molecule has 1 aromatic carbocycles. The van der Waals surface area contributed by atoms with Crippen molar-refractivity contribution in [2.75, 3.05) is 18.5 Å². The predicted octanol–water partition coefficient (Wildman–Crippen LogP) is 2.48. The molecule has 1 amide bonds. The van der Waals surface area contributed by atoms with E-state index in [4.69, 9.17) is 14.2 Å². The third-order valence-electron chi connectivity index (χ3n) is 3.63. The Morgan fingerprint density at radius 2 is 2.00 bits per heavy atom. The maximum atomic E-state index is 12.3. The van der Waals surface area contributed by atoms with Gasteiger partial charge in [0.1, 0.15) is 18.9 Å². The fraction of sp³-hybridized carbons (Fsp3) is 0.294. The van der Waals surface area contributed by atoms with Crippen molar-refractivity contribution < 1.29 is 23.9 Å². The molecular formula is C17H17N3O6. The second-order valence-electron chi connectivity index (χ2n) is 5.64. The van der Waals surface area contributed by atoms with Crippen LogP contribution < -0.4 is 19.5 Å². The molecular weight excluding hydrogens is 342 g/mol. The summed E-state index contributed by atoms with van der Waals surface area (Å²) in [6.07, 6.45) is -0.966. The maximum Gasteiger partial charge on any atom is 0.406 e. The van der Waals surface area contributed by atoms with Gasteiger partial charge in [-0.15, -0.1) is 0 Å². The molecule has 1 aliphatic heterocycles. The number of hydrogen-bond donors (Lipinski definition) is 1. The lowest BCUT2D eigenvalue weighted by Crippen LogP contribution is -2.30. The van der Waals surface area contributed by atoms with Crippen LogP contribution in [0.25, 0.3) is 0 Å². The summed E-state index contributed by atoms with van der Waals surface area (Å²) in [5.41, 5.74) is 0.990. The van der Waals surface area contributed by atoms with Gasteiger partial charge >= 0.3 is 5.82 Å². The number of nitrogens with zero attached hydrogens (tertiary/aromatic N) is 2. The Hall–Kier alpha value is -3.36. The Kier molecular flexibility index (Phi) is 4.87. The first-order chi connectivity index (χ1) is 12.4. The van der Waals surface area contributed by atoms with Crippen LogP contribution >= 0.6 is 0 Å². The number of pyridine rings is 1. The normalized spacial score (nSPS) is 13.6. The molecule has 0 aliphatic carbocycles. The number of carbonyl (C=O) groups is 1. The summed E-state index contributed by atoms with van der Waals surface area (Å²) < 4.78 is 16.3. The molecule has 0 bridgehead atoms. The molecule has 1 unspecified atom stereocenters. The number of carbonyl (C=O) groups excluding carboxylic acids is 1. The topological polar surface area (TPSA) is 113 Å². The minimum Gasteiger partial charge on any atom is -0.486 e. The van der Waals surface area contributed by atoms with Crippen LogP contribution in [0, 0.1) is 17.0 Å². The monoisotopic (exact) mass is 359 g/mol. The second-order valence-corrected chi connectivity index (χ2v) is 5.64. The lowest BCUT2D eigenvalue weighted by atomic mass is 10.2. The van der Waals surface area contributed by atoms with Gasteiger partial charge in [0.2, 0.25) is 5.75 Å². The average molecular weight is 359 g/mol. The highest BCUT2D eigenvalue weighted by Crippen LogP contribution is 2.32. The third kappa shape index (κ3) is 3.82. The molecule has 9 nitrogen and oxygen atoms in total. The molecule has 2 aromatic rings. The molecule has 1 atom stereocenters. The van der Waals surface area contributed by atoms with Crippen LogP contribution in [0.2, 0.25) is 0 Å². The van der Waals surface area contributed by atoms with Gasteiger partial charge in [-0.2, -0.15) is 0 Å². The van der Waals surface area contributed by atoms with Gasteiger partial charge in [0, 0.05) is 18.7 Å². The van der Waals surface area contributed by atoms with Crippen LogP contribution in [-0.4, -0.2) is 35.1 Å². The summed E-state index contributed by atoms with van der Waals surface area (Å²) in [6, 6.07) is 8.02. The van der Waals surface area contributed by atoms with E-state index < -0.39 is 22.8 Å². The number of amides is 1. The summed E-state index contributed by atoms with van der Waals surface area (Å²) in [5.74, 6) is 0.201. The quantitative estimate of drug-likeness (QED) is 0.644. The number of nitrogens with one attached hydrogen (secondary N) is 1. The lowest BCUT2D eigenvalue weighted by Gasteiger charge is -2.19. The smallest absolute Gasteiger partial charge is 0.406 e. The number of aryl methyl sites for hydroxylation is 1. The molecule has 2 heterocycles. The summed E-state index contributed by atoms with van der Waals surface area (Å²) >= 11 is 0. The zero-order chi connectivity index (χ0) is 18.7. The number of hydrogen-bond acceptors (Lipinski definition) is 7. The van der Waals surface area contributed by atoms with E-state index in [1.807, 2.05) is 0 Å². The van der Waals surface area contributed by atoms with Gasteiger partial charge in [0.15, 0.2) is 17.6 Å². The molecule has 3 rings (SSSR count). The van der Waals surface area contributed by atoms with Crippen LogP contribution in [-0.2, 0) is 4.79 Å². The Labute approximate surface area is 149 Å². The molecule has 0 fully saturated rings. The Balaban J connectivity index is 1.70. The molecule has 0 spiro atoms. The van der Waals surface area contributed by atoms with E-state index in [0.29, 0.717) is 36.1 Å². The van der Waals surface area contributed by atoms with Gasteiger partial charge in [-0.1, -0.05) is 0 Å². The Bertz CT molecular complexity index is 854. The number of anilines is 1. The van der Waals surface area contributed by atoms with E-state index in [-0.39, 0.29) is 5.75 Å². The van der Waals surface area contributed by atoms with Gasteiger partial charge < -0.3 is 29.6 Å². The second kappa shape index (κ2) is 7.26. The number of fused-ring (bicyclic) bond motifs is 1. The number of benzene rings is 1. The highest BCUT2D eigenvalue weighted by atomic mass is 16.6. The largest absolute Gasteiger partial charge is 0.486 e. The van der Waals surface area contributed by atoms with Crippen molar-refractivity contribution in [1.82, 2.24) is 4.98 Å². The minimum absolute atomic E-state index is 0.0644.